The number of halogens is 2. The number of carbonyl (C=O) groups excluding carboxylic acids is 3. The summed E-state index contributed by atoms with van der Waals surface area (Å²) in [6, 6.07) is 11.4. The first-order chi connectivity index (χ1) is 13.3. The first-order valence-corrected chi connectivity index (χ1v) is 9.53. The fourth-order valence-corrected chi connectivity index (χ4v) is 3.54. The zero-order valence-corrected chi connectivity index (χ0v) is 16.7. The van der Waals surface area contributed by atoms with E-state index in [1.807, 2.05) is 6.92 Å². The summed E-state index contributed by atoms with van der Waals surface area (Å²) < 4.78 is 0. The number of nitrogens with one attached hydrogen (secondary N) is 2. The Morgan fingerprint density at radius 3 is 2.32 bits per heavy atom. The second-order valence-electron chi connectivity index (χ2n) is 6.56. The van der Waals surface area contributed by atoms with Gasteiger partial charge < -0.3 is 10.6 Å². The van der Waals surface area contributed by atoms with E-state index in [1.165, 1.54) is 4.90 Å². The Kier molecular flexibility index (Phi) is 6.21. The molecule has 0 bridgehead atoms. The molecular weight excluding hydrogens is 401 g/mol. The molecule has 0 saturated carbocycles. The molecule has 0 unspecified atom stereocenters. The van der Waals surface area contributed by atoms with Gasteiger partial charge in [-0.3, -0.25) is 14.5 Å². The zero-order chi connectivity index (χ0) is 20.3. The molecule has 0 radical (unpaired) electrons. The largest absolute Gasteiger partial charge is 0.331 e. The molecule has 1 aliphatic heterocycles. The predicted molar refractivity (Wildman–Crippen MR) is 108 cm³/mol. The number of anilines is 1. The lowest BCUT2D eigenvalue weighted by Crippen LogP contribution is -2.31. The third-order valence-electron chi connectivity index (χ3n) is 4.48. The number of urea groups is 1. The van der Waals surface area contributed by atoms with Crippen LogP contribution in [0.25, 0.3) is 0 Å². The van der Waals surface area contributed by atoms with Gasteiger partial charge in [0.05, 0.1) is 12.6 Å². The molecule has 1 saturated heterocycles. The van der Waals surface area contributed by atoms with Crippen LogP contribution in [0, 0.1) is 0 Å². The molecule has 4 amide bonds. The lowest BCUT2D eigenvalue weighted by atomic mass is 10.1. The van der Waals surface area contributed by atoms with Gasteiger partial charge in [0.2, 0.25) is 11.8 Å². The van der Waals surface area contributed by atoms with Gasteiger partial charge in [-0.2, -0.15) is 0 Å². The maximum Gasteiger partial charge on any atom is 0.319 e. The Morgan fingerprint density at radius 1 is 1.07 bits per heavy atom. The number of likely N-dealkylation sites (tertiary alicyclic amines) is 1. The Morgan fingerprint density at radius 2 is 1.71 bits per heavy atom. The molecule has 0 aliphatic carbocycles. The van der Waals surface area contributed by atoms with Crippen LogP contribution in [-0.4, -0.2) is 22.7 Å². The summed E-state index contributed by atoms with van der Waals surface area (Å²) in [5, 5.41) is 6.57. The van der Waals surface area contributed by atoms with Crippen LogP contribution in [0.5, 0.6) is 0 Å². The van der Waals surface area contributed by atoms with Crippen LogP contribution in [0.15, 0.2) is 42.5 Å². The summed E-state index contributed by atoms with van der Waals surface area (Å²) >= 11 is 12.1. The van der Waals surface area contributed by atoms with E-state index in [-0.39, 0.29) is 43.3 Å². The van der Waals surface area contributed by atoms with Gasteiger partial charge >= 0.3 is 6.03 Å². The van der Waals surface area contributed by atoms with Crippen molar-refractivity contribution >= 4 is 46.7 Å². The summed E-state index contributed by atoms with van der Waals surface area (Å²) in [5.41, 5.74) is 2.17. The van der Waals surface area contributed by atoms with Crippen LogP contribution in [-0.2, 0) is 16.1 Å². The number of benzene rings is 2. The van der Waals surface area contributed by atoms with Crippen molar-refractivity contribution in [2.45, 2.75) is 32.4 Å². The third kappa shape index (κ3) is 4.82. The Hall–Kier alpha value is -2.57. The lowest BCUT2D eigenvalue weighted by Gasteiger charge is -2.17. The van der Waals surface area contributed by atoms with E-state index >= 15 is 0 Å². The Bertz CT molecular complexity index is 899. The van der Waals surface area contributed by atoms with Gasteiger partial charge in [-0.1, -0.05) is 41.4 Å². The van der Waals surface area contributed by atoms with E-state index in [0.717, 1.165) is 11.1 Å². The van der Waals surface area contributed by atoms with E-state index in [4.69, 9.17) is 23.2 Å². The number of hydrogen-bond acceptors (Lipinski definition) is 3. The molecule has 1 aliphatic rings. The molecule has 2 aromatic rings. The summed E-state index contributed by atoms with van der Waals surface area (Å²) in [7, 11) is 0. The highest BCUT2D eigenvalue weighted by atomic mass is 35.5. The zero-order valence-electron chi connectivity index (χ0n) is 15.2. The molecule has 1 atom stereocenters. The molecule has 146 valence electrons. The minimum absolute atomic E-state index is 0.151. The van der Waals surface area contributed by atoms with E-state index in [1.54, 1.807) is 42.5 Å². The predicted octanol–water partition coefficient (Wildman–Crippen LogP) is 4.53. The van der Waals surface area contributed by atoms with Crippen molar-refractivity contribution in [1.82, 2.24) is 10.2 Å². The fraction of sp³-hybridized carbons (Fsp3) is 0.250. The van der Waals surface area contributed by atoms with Crippen molar-refractivity contribution in [3.05, 3.63) is 63.6 Å². The smallest absolute Gasteiger partial charge is 0.319 e. The number of imide groups is 1. The first-order valence-electron chi connectivity index (χ1n) is 8.78. The SMILES string of the molecule is C[C@H](NC(=O)Nc1ccc(CN2C(=O)CCC2=O)cc1)c1ccc(Cl)cc1Cl. The molecule has 3 rings (SSSR count). The number of hydrogen-bond donors (Lipinski definition) is 2. The highest BCUT2D eigenvalue weighted by Gasteiger charge is 2.28. The second kappa shape index (κ2) is 8.63. The van der Waals surface area contributed by atoms with Crippen molar-refractivity contribution in [3.63, 3.8) is 0 Å². The fourth-order valence-electron chi connectivity index (χ4n) is 2.97. The summed E-state index contributed by atoms with van der Waals surface area (Å²) in [6.45, 7) is 2.07. The van der Waals surface area contributed by atoms with Crippen molar-refractivity contribution in [2.24, 2.45) is 0 Å². The van der Waals surface area contributed by atoms with E-state index in [0.29, 0.717) is 15.7 Å². The molecule has 0 spiro atoms. The quantitative estimate of drug-likeness (QED) is 0.698. The maximum atomic E-state index is 12.2. The highest BCUT2D eigenvalue weighted by Crippen LogP contribution is 2.26. The molecule has 8 heteroatoms. The van der Waals surface area contributed by atoms with E-state index in [9.17, 15) is 14.4 Å². The molecule has 0 aromatic heterocycles. The van der Waals surface area contributed by atoms with Gasteiger partial charge in [-0.25, -0.2) is 4.79 Å². The van der Waals surface area contributed by atoms with Gasteiger partial charge in [0.1, 0.15) is 0 Å². The minimum Gasteiger partial charge on any atom is -0.331 e. The molecule has 6 nitrogen and oxygen atoms in total. The summed E-state index contributed by atoms with van der Waals surface area (Å²) in [5.74, 6) is -0.303. The number of nitrogens with zero attached hydrogens (tertiary/aromatic N) is 1. The minimum atomic E-state index is -0.379. The van der Waals surface area contributed by atoms with Crippen molar-refractivity contribution < 1.29 is 14.4 Å². The number of amides is 4. The van der Waals surface area contributed by atoms with Gasteiger partial charge in [-0.05, 0) is 42.3 Å². The van der Waals surface area contributed by atoms with Crippen LogP contribution < -0.4 is 10.6 Å². The van der Waals surface area contributed by atoms with Gasteiger partial charge in [0, 0.05) is 28.6 Å². The van der Waals surface area contributed by atoms with E-state index in [2.05, 4.69) is 10.6 Å². The third-order valence-corrected chi connectivity index (χ3v) is 5.05. The number of carbonyl (C=O) groups is 3. The highest BCUT2D eigenvalue weighted by molar-refractivity contribution is 6.35. The molecule has 2 aromatic carbocycles. The Balaban J connectivity index is 1.57. The molecule has 2 N–H and O–H groups in total. The molecule has 1 fully saturated rings. The second-order valence-corrected chi connectivity index (χ2v) is 7.40. The molecular formula is C20H19Cl2N3O3. The number of rotatable bonds is 5. The lowest BCUT2D eigenvalue weighted by molar-refractivity contribution is -0.139. The maximum absolute atomic E-state index is 12.2. The van der Waals surface area contributed by atoms with Crippen molar-refractivity contribution in [2.75, 3.05) is 5.32 Å². The average Bonchev–Trinajstić information content (AvgIpc) is 2.95. The standard InChI is InChI=1S/C20H19Cl2N3O3/c1-12(16-7-4-14(21)10-17(16)22)23-20(28)24-15-5-2-13(3-6-15)11-25-18(26)8-9-19(25)27/h2-7,10,12H,8-9,11H2,1H3,(H2,23,24,28)/t12-/m0/s1. The molecule has 1 heterocycles. The van der Waals surface area contributed by atoms with E-state index < -0.39 is 0 Å². The van der Waals surface area contributed by atoms with Gasteiger partial charge in [0.25, 0.3) is 0 Å². The van der Waals surface area contributed by atoms with Crippen LogP contribution >= 0.6 is 23.2 Å². The monoisotopic (exact) mass is 419 g/mol. The van der Waals surface area contributed by atoms with Crippen LogP contribution in [0.2, 0.25) is 10.0 Å². The normalized spacial score (nSPS) is 14.9. The van der Waals surface area contributed by atoms with Crippen molar-refractivity contribution in [1.29, 1.82) is 0 Å². The van der Waals surface area contributed by atoms with Crippen LogP contribution in [0.4, 0.5) is 10.5 Å². The summed E-state index contributed by atoms with van der Waals surface area (Å²) in [6.07, 6.45) is 0.545. The van der Waals surface area contributed by atoms with Crippen LogP contribution in [0.3, 0.4) is 0 Å². The Labute approximate surface area is 172 Å². The first kappa shape index (κ1) is 20.2. The van der Waals surface area contributed by atoms with Gasteiger partial charge in [0.15, 0.2) is 0 Å². The van der Waals surface area contributed by atoms with Crippen LogP contribution in [0.1, 0.15) is 36.9 Å². The van der Waals surface area contributed by atoms with Crippen molar-refractivity contribution in [3.8, 4) is 0 Å². The molecule has 28 heavy (non-hydrogen) atoms. The summed E-state index contributed by atoms with van der Waals surface area (Å²) in [4.78, 5) is 36.9. The topological polar surface area (TPSA) is 78.5 Å². The average molecular weight is 420 g/mol. The van der Waals surface area contributed by atoms with Gasteiger partial charge in [-0.15, -0.1) is 0 Å².